The van der Waals surface area contributed by atoms with E-state index in [4.69, 9.17) is 4.74 Å². The van der Waals surface area contributed by atoms with Crippen LogP contribution < -0.4 is 0 Å². The number of piperazine rings is 3. The Morgan fingerprint density at radius 3 is 2.00 bits per heavy atom. The second-order valence-electron chi connectivity index (χ2n) is 6.77. The Hall–Kier alpha value is -2.17. The fraction of sp³-hybridized carbons (Fsp3) is 0.350. The van der Waals surface area contributed by atoms with Gasteiger partial charge in [-0.25, -0.2) is 4.79 Å². The maximum absolute atomic E-state index is 12.7. The number of esters is 1. The summed E-state index contributed by atoms with van der Waals surface area (Å²) >= 11 is 0. The van der Waals surface area contributed by atoms with Crippen LogP contribution in [-0.2, 0) is 4.74 Å². The van der Waals surface area contributed by atoms with Gasteiger partial charge in [0.15, 0.2) is 0 Å². The second kappa shape index (κ2) is 6.38. The Balaban J connectivity index is 1.65. The number of rotatable bonds is 4. The average molecular weight is 323 g/mol. The van der Waals surface area contributed by atoms with E-state index in [1.54, 1.807) is 0 Å². The number of hydrogen-bond acceptors (Lipinski definition) is 3. The van der Waals surface area contributed by atoms with Gasteiger partial charge < -0.3 is 4.74 Å². The van der Waals surface area contributed by atoms with E-state index in [1.165, 1.54) is 0 Å². The van der Waals surface area contributed by atoms with Gasteiger partial charge in [-0.3, -0.25) is 9.38 Å². The van der Waals surface area contributed by atoms with E-state index in [-0.39, 0.29) is 12.2 Å². The Bertz CT molecular complexity index is 680. The number of benzene rings is 2. The molecule has 4 heteroatoms. The fourth-order valence-corrected chi connectivity index (χ4v) is 3.90. The molecule has 0 saturated carbocycles. The zero-order chi connectivity index (χ0) is 16.4. The van der Waals surface area contributed by atoms with E-state index in [0.717, 1.165) is 49.3 Å². The highest BCUT2D eigenvalue weighted by Gasteiger charge is 2.47. The topological polar surface area (TPSA) is 29.5 Å². The van der Waals surface area contributed by atoms with Crippen molar-refractivity contribution < 1.29 is 14.0 Å². The van der Waals surface area contributed by atoms with Crippen LogP contribution in [0, 0.1) is 0 Å². The Morgan fingerprint density at radius 2 is 1.42 bits per heavy atom. The number of carbonyl (C=O) groups excluding carboxylic acids is 1. The molecular weight excluding hydrogens is 300 g/mol. The molecule has 24 heavy (non-hydrogen) atoms. The van der Waals surface area contributed by atoms with Crippen LogP contribution in [0.4, 0.5) is 0 Å². The first-order valence-electron chi connectivity index (χ1n) is 8.66. The summed E-state index contributed by atoms with van der Waals surface area (Å²) in [6.07, 6.45) is -0.221. The van der Waals surface area contributed by atoms with Crippen molar-refractivity contribution in [2.75, 3.05) is 39.3 Å². The molecule has 3 fully saturated rings. The van der Waals surface area contributed by atoms with Gasteiger partial charge in [0.05, 0.1) is 30.8 Å². The molecule has 1 atom stereocenters. The largest absolute Gasteiger partial charge is 0.404 e. The van der Waals surface area contributed by atoms with Gasteiger partial charge in [-0.2, -0.15) is 0 Å². The van der Waals surface area contributed by atoms with Crippen molar-refractivity contribution >= 4 is 5.97 Å². The van der Waals surface area contributed by atoms with E-state index in [9.17, 15) is 4.79 Å². The minimum atomic E-state index is -0.232. The summed E-state index contributed by atoms with van der Waals surface area (Å²) in [6, 6.07) is 19.5. The molecule has 2 aromatic carbocycles. The predicted octanol–water partition coefficient (Wildman–Crippen LogP) is 2.69. The van der Waals surface area contributed by atoms with Crippen molar-refractivity contribution in [3.63, 3.8) is 0 Å². The van der Waals surface area contributed by atoms with Crippen LogP contribution in [0.25, 0.3) is 0 Å². The lowest BCUT2D eigenvalue weighted by Crippen LogP contribution is -2.68. The summed E-state index contributed by atoms with van der Waals surface area (Å²) in [6.45, 7) is 6.40. The molecule has 0 aliphatic carbocycles. The molecule has 0 spiro atoms. The van der Waals surface area contributed by atoms with Crippen LogP contribution in [0.5, 0.6) is 0 Å². The van der Waals surface area contributed by atoms with E-state index in [2.05, 4.69) is 17.0 Å². The van der Waals surface area contributed by atoms with Crippen LogP contribution >= 0.6 is 0 Å². The lowest BCUT2D eigenvalue weighted by Gasteiger charge is -2.53. The Kier molecular flexibility index (Phi) is 4.08. The molecule has 1 unspecified atom stereocenters. The highest BCUT2D eigenvalue weighted by Crippen LogP contribution is 2.35. The molecule has 0 radical (unpaired) electrons. The number of carbonyl (C=O) groups is 1. The zero-order valence-corrected chi connectivity index (χ0v) is 13.8. The minimum absolute atomic E-state index is 0.221. The maximum Gasteiger partial charge on any atom is 0.342 e. The summed E-state index contributed by atoms with van der Waals surface area (Å²) in [5.74, 6) is -0.232. The number of quaternary nitrogens is 1. The van der Waals surface area contributed by atoms with Crippen molar-refractivity contribution in [3.8, 4) is 0 Å². The molecule has 5 rings (SSSR count). The van der Waals surface area contributed by atoms with Crippen molar-refractivity contribution in [1.82, 2.24) is 4.90 Å². The maximum atomic E-state index is 12.7. The lowest BCUT2D eigenvalue weighted by molar-refractivity contribution is -0.987. The molecule has 2 aromatic rings. The van der Waals surface area contributed by atoms with Crippen molar-refractivity contribution in [3.05, 3.63) is 71.8 Å². The van der Waals surface area contributed by atoms with Gasteiger partial charge in [-0.15, -0.1) is 0 Å². The highest BCUT2D eigenvalue weighted by atomic mass is 16.6. The van der Waals surface area contributed by atoms with Gasteiger partial charge in [0, 0.05) is 19.6 Å². The molecule has 0 aromatic heterocycles. The van der Waals surface area contributed by atoms with Gasteiger partial charge >= 0.3 is 5.97 Å². The summed E-state index contributed by atoms with van der Waals surface area (Å²) in [5, 5.41) is 0. The zero-order valence-electron chi connectivity index (χ0n) is 13.8. The SMILES string of the molecule is O=C(OC(c1ccccc1)[N+]12CCN(CC1)CC2)c1ccccc1. The van der Waals surface area contributed by atoms with Crippen molar-refractivity contribution in [1.29, 1.82) is 0 Å². The molecule has 3 aliphatic rings. The summed E-state index contributed by atoms with van der Waals surface area (Å²) in [4.78, 5) is 15.2. The monoisotopic (exact) mass is 323 g/mol. The average Bonchev–Trinajstić information content (AvgIpc) is 2.68. The normalized spacial score (nSPS) is 26.8. The predicted molar refractivity (Wildman–Crippen MR) is 92.3 cm³/mol. The third-order valence-electron chi connectivity index (χ3n) is 5.40. The van der Waals surface area contributed by atoms with Gasteiger partial charge in [-0.1, -0.05) is 36.4 Å². The first kappa shape index (κ1) is 15.4. The summed E-state index contributed by atoms with van der Waals surface area (Å²) in [5.41, 5.74) is 1.71. The summed E-state index contributed by atoms with van der Waals surface area (Å²) in [7, 11) is 0. The first-order valence-corrected chi connectivity index (χ1v) is 8.66. The molecule has 3 heterocycles. The number of nitrogens with zero attached hydrogens (tertiary/aromatic N) is 2. The van der Waals surface area contributed by atoms with Gasteiger partial charge in [0.2, 0.25) is 0 Å². The van der Waals surface area contributed by atoms with E-state index in [0.29, 0.717) is 5.56 Å². The fourth-order valence-electron chi connectivity index (χ4n) is 3.90. The number of fused-ring (bicyclic) bond motifs is 3. The van der Waals surface area contributed by atoms with Crippen LogP contribution in [-0.4, -0.2) is 54.6 Å². The third-order valence-corrected chi connectivity index (χ3v) is 5.40. The first-order chi connectivity index (χ1) is 11.8. The van der Waals surface area contributed by atoms with Crippen molar-refractivity contribution in [2.45, 2.75) is 6.23 Å². The standard InChI is InChI=1S/C20H23N2O2/c23-20(18-9-5-2-6-10-18)24-19(17-7-3-1-4-8-17)22-14-11-21(12-15-22)13-16-22/h1-10,19H,11-16H2/q+1. The smallest absolute Gasteiger partial charge is 0.342 e. The highest BCUT2D eigenvalue weighted by molar-refractivity contribution is 5.89. The Morgan fingerprint density at radius 1 is 0.875 bits per heavy atom. The number of ether oxygens (including phenoxy) is 1. The number of hydrogen-bond donors (Lipinski definition) is 0. The van der Waals surface area contributed by atoms with E-state index < -0.39 is 0 Å². The molecule has 124 valence electrons. The molecule has 0 amide bonds. The third kappa shape index (κ3) is 2.83. The molecule has 3 aliphatic heterocycles. The van der Waals surface area contributed by atoms with Crippen LogP contribution in [0.1, 0.15) is 22.1 Å². The molecule has 0 N–H and O–H groups in total. The van der Waals surface area contributed by atoms with Crippen LogP contribution in [0.15, 0.2) is 60.7 Å². The Labute approximate surface area is 142 Å². The van der Waals surface area contributed by atoms with E-state index >= 15 is 0 Å². The minimum Gasteiger partial charge on any atom is -0.404 e. The second-order valence-corrected chi connectivity index (χ2v) is 6.77. The van der Waals surface area contributed by atoms with Gasteiger partial charge in [-0.05, 0) is 24.3 Å². The molecule has 2 bridgehead atoms. The quantitative estimate of drug-likeness (QED) is 0.640. The van der Waals surface area contributed by atoms with E-state index in [1.807, 2.05) is 48.5 Å². The van der Waals surface area contributed by atoms with Gasteiger partial charge in [0.25, 0.3) is 6.23 Å². The molecule has 4 nitrogen and oxygen atoms in total. The lowest BCUT2D eigenvalue weighted by atomic mass is 10.1. The van der Waals surface area contributed by atoms with Crippen LogP contribution in [0.3, 0.4) is 0 Å². The molecular formula is C20H23N2O2+. The van der Waals surface area contributed by atoms with Crippen LogP contribution in [0.2, 0.25) is 0 Å². The molecule has 3 saturated heterocycles. The van der Waals surface area contributed by atoms with Crippen molar-refractivity contribution in [2.24, 2.45) is 0 Å². The summed E-state index contributed by atoms with van der Waals surface area (Å²) < 4.78 is 6.96. The van der Waals surface area contributed by atoms with Gasteiger partial charge in [0.1, 0.15) is 0 Å².